The first-order chi connectivity index (χ1) is 7.72. The number of hydrogen-bond donors (Lipinski definition) is 1. The molecule has 2 rings (SSSR count). The number of aromatic nitrogens is 3. The highest BCUT2D eigenvalue weighted by atomic mass is 16.4. The molecule has 0 spiro atoms. The van der Waals surface area contributed by atoms with Crippen LogP contribution in [-0.2, 0) is 11.2 Å². The van der Waals surface area contributed by atoms with E-state index in [9.17, 15) is 4.79 Å². The fraction of sp³-hybridized carbons (Fsp3) is 0.727. The van der Waals surface area contributed by atoms with Gasteiger partial charge in [0, 0.05) is 12.5 Å². The topological polar surface area (TPSA) is 68.0 Å². The average Bonchev–Trinajstić information content (AvgIpc) is 2.77. The lowest BCUT2D eigenvalue weighted by Gasteiger charge is -2.27. The molecule has 1 saturated carbocycles. The number of carboxylic acid groups (broad SMARTS) is 1. The highest BCUT2D eigenvalue weighted by molar-refractivity contribution is 5.70. The van der Waals surface area contributed by atoms with Gasteiger partial charge in [-0.2, -0.15) is 0 Å². The van der Waals surface area contributed by atoms with Crippen molar-refractivity contribution in [1.82, 2.24) is 14.8 Å². The first kappa shape index (κ1) is 11.1. The molecule has 1 heterocycles. The Bertz CT molecular complexity index is 367. The summed E-state index contributed by atoms with van der Waals surface area (Å²) in [5.41, 5.74) is 0. The SMILES string of the molecule is CCc1nncn1C1CCC(C(=O)O)CC1. The van der Waals surface area contributed by atoms with Gasteiger partial charge in [-0.05, 0) is 25.7 Å². The van der Waals surface area contributed by atoms with E-state index < -0.39 is 5.97 Å². The van der Waals surface area contributed by atoms with Crippen molar-refractivity contribution in [3.05, 3.63) is 12.2 Å². The van der Waals surface area contributed by atoms with E-state index in [0.717, 1.165) is 37.9 Å². The summed E-state index contributed by atoms with van der Waals surface area (Å²) in [5.74, 6) is 0.189. The smallest absolute Gasteiger partial charge is 0.306 e. The van der Waals surface area contributed by atoms with Gasteiger partial charge in [0.25, 0.3) is 0 Å². The van der Waals surface area contributed by atoms with E-state index in [1.165, 1.54) is 0 Å². The van der Waals surface area contributed by atoms with Crippen molar-refractivity contribution in [2.24, 2.45) is 5.92 Å². The molecular weight excluding hydrogens is 206 g/mol. The van der Waals surface area contributed by atoms with Crippen LogP contribution in [0.1, 0.15) is 44.5 Å². The summed E-state index contributed by atoms with van der Waals surface area (Å²) in [7, 11) is 0. The zero-order chi connectivity index (χ0) is 11.5. The van der Waals surface area contributed by atoms with Gasteiger partial charge in [0.05, 0.1) is 5.92 Å². The number of nitrogens with zero attached hydrogens (tertiary/aromatic N) is 3. The lowest BCUT2D eigenvalue weighted by molar-refractivity contribution is -0.143. The Hall–Kier alpha value is -1.39. The Labute approximate surface area is 94.5 Å². The van der Waals surface area contributed by atoms with Crippen LogP contribution in [0.3, 0.4) is 0 Å². The van der Waals surface area contributed by atoms with Gasteiger partial charge in [-0.3, -0.25) is 4.79 Å². The van der Waals surface area contributed by atoms with E-state index >= 15 is 0 Å². The van der Waals surface area contributed by atoms with Gasteiger partial charge in [-0.1, -0.05) is 6.92 Å². The van der Waals surface area contributed by atoms with Crippen LogP contribution in [0, 0.1) is 5.92 Å². The van der Waals surface area contributed by atoms with Gasteiger partial charge in [0.1, 0.15) is 12.2 Å². The predicted octanol–water partition coefficient (Wildman–Crippen LogP) is 1.66. The molecule has 1 aliphatic carbocycles. The van der Waals surface area contributed by atoms with Crippen molar-refractivity contribution in [3.63, 3.8) is 0 Å². The minimum Gasteiger partial charge on any atom is -0.481 e. The van der Waals surface area contributed by atoms with Crippen molar-refractivity contribution < 1.29 is 9.90 Å². The number of hydrogen-bond acceptors (Lipinski definition) is 3. The maximum absolute atomic E-state index is 10.8. The normalized spacial score (nSPS) is 25.6. The Morgan fingerprint density at radius 3 is 2.75 bits per heavy atom. The van der Waals surface area contributed by atoms with E-state index in [1.54, 1.807) is 6.33 Å². The zero-order valence-corrected chi connectivity index (χ0v) is 9.46. The molecule has 5 heteroatoms. The molecule has 0 unspecified atom stereocenters. The minimum atomic E-state index is -0.655. The average molecular weight is 223 g/mol. The quantitative estimate of drug-likeness (QED) is 0.846. The number of aliphatic carboxylic acids is 1. The van der Waals surface area contributed by atoms with Crippen molar-refractivity contribution in [1.29, 1.82) is 0 Å². The van der Waals surface area contributed by atoms with E-state index in [2.05, 4.69) is 21.7 Å². The molecule has 1 aromatic rings. The molecule has 16 heavy (non-hydrogen) atoms. The van der Waals surface area contributed by atoms with Crippen molar-refractivity contribution in [3.8, 4) is 0 Å². The van der Waals surface area contributed by atoms with E-state index in [-0.39, 0.29) is 5.92 Å². The molecule has 5 nitrogen and oxygen atoms in total. The first-order valence-electron chi connectivity index (χ1n) is 5.83. The minimum absolute atomic E-state index is 0.155. The molecule has 0 amide bonds. The van der Waals surface area contributed by atoms with E-state index in [0.29, 0.717) is 6.04 Å². The molecular formula is C11H17N3O2. The van der Waals surface area contributed by atoms with E-state index in [1.807, 2.05) is 0 Å². The summed E-state index contributed by atoms with van der Waals surface area (Å²) < 4.78 is 2.11. The largest absolute Gasteiger partial charge is 0.481 e. The van der Waals surface area contributed by atoms with Gasteiger partial charge < -0.3 is 9.67 Å². The zero-order valence-electron chi connectivity index (χ0n) is 9.46. The summed E-state index contributed by atoms with van der Waals surface area (Å²) in [6.07, 6.45) is 6.01. The molecule has 1 N–H and O–H groups in total. The standard InChI is InChI=1S/C11H17N3O2/c1-2-10-13-12-7-14(10)9-5-3-8(4-6-9)11(15)16/h7-9H,2-6H2,1H3,(H,15,16). The summed E-state index contributed by atoms with van der Waals surface area (Å²) >= 11 is 0. The Morgan fingerprint density at radius 2 is 2.19 bits per heavy atom. The van der Waals surface area contributed by atoms with Crippen LogP contribution in [0.25, 0.3) is 0 Å². The molecule has 1 aliphatic rings. The molecule has 0 atom stereocenters. The summed E-state index contributed by atoms with van der Waals surface area (Å²) in [6, 6.07) is 0.389. The maximum Gasteiger partial charge on any atom is 0.306 e. The second-order valence-corrected chi connectivity index (χ2v) is 4.35. The van der Waals surface area contributed by atoms with Gasteiger partial charge in [-0.25, -0.2) is 0 Å². The molecule has 1 aromatic heterocycles. The third kappa shape index (κ3) is 2.08. The molecule has 0 bridgehead atoms. The number of rotatable bonds is 3. The van der Waals surface area contributed by atoms with Crippen LogP contribution >= 0.6 is 0 Å². The first-order valence-corrected chi connectivity index (χ1v) is 5.83. The monoisotopic (exact) mass is 223 g/mol. The van der Waals surface area contributed by atoms with Crippen LogP contribution in [0.15, 0.2) is 6.33 Å². The Balaban J connectivity index is 2.01. The number of carboxylic acids is 1. The number of aryl methyl sites for hydroxylation is 1. The predicted molar refractivity (Wildman–Crippen MR) is 58.0 cm³/mol. The molecule has 88 valence electrons. The highest BCUT2D eigenvalue weighted by Gasteiger charge is 2.27. The number of carbonyl (C=O) groups is 1. The van der Waals surface area contributed by atoms with Crippen molar-refractivity contribution in [2.45, 2.75) is 45.1 Å². The summed E-state index contributed by atoms with van der Waals surface area (Å²) in [4.78, 5) is 10.8. The highest BCUT2D eigenvalue weighted by Crippen LogP contribution is 2.32. The lowest BCUT2D eigenvalue weighted by Crippen LogP contribution is -2.23. The Kier molecular flexibility index (Phi) is 3.22. The fourth-order valence-corrected chi connectivity index (χ4v) is 2.43. The van der Waals surface area contributed by atoms with Crippen LogP contribution in [-0.4, -0.2) is 25.8 Å². The van der Waals surface area contributed by atoms with E-state index in [4.69, 9.17) is 5.11 Å². The van der Waals surface area contributed by atoms with Crippen LogP contribution < -0.4 is 0 Å². The van der Waals surface area contributed by atoms with Gasteiger partial charge in [0.15, 0.2) is 0 Å². The summed E-state index contributed by atoms with van der Waals surface area (Å²) in [5, 5.41) is 16.9. The van der Waals surface area contributed by atoms with Crippen LogP contribution in [0.2, 0.25) is 0 Å². The van der Waals surface area contributed by atoms with Crippen LogP contribution in [0.4, 0.5) is 0 Å². The van der Waals surface area contributed by atoms with Gasteiger partial charge in [0.2, 0.25) is 0 Å². The third-order valence-electron chi connectivity index (χ3n) is 3.40. The second kappa shape index (κ2) is 4.63. The fourth-order valence-electron chi connectivity index (χ4n) is 2.43. The third-order valence-corrected chi connectivity index (χ3v) is 3.40. The van der Waals surface area contributed by atoms with Gasteiger partial charge in [-0.15, -0.1) is 10.2 Å². The molecule has 0 radical (unpaired) electrons. The van der Waals surface area contributed by atoms with Gasteiger partial charge >= 0.3 is 5.97 Å². The lowest BCUT2D eigenvalue weighted by atomic mass is 9.86. The molecule has 0 aliphatic heterocycles. The Morgan fingerprint density at radius 1 is 1.50 bits per heavy atom. The molecule has 0 aromatic carbocycles. The summed E-state index contributed by atoms with van der Waals surface area (Å²) in [6.45, 7) is 2.06. The molecule has 1 fully saturated rings. The molecule has 0 saturated heterocycles. The van der Waals surface area contributed by atoms with Crippen molar-refractivity contribution >= 4 is 5.97 Å². The maximum atomic E-state index is 10.8. The van der Waals surface area contributed by atoms with Crippen molar-refractivity contribution in [2.75, 3.05) is 0 Å². The van der Waals surface area contributed by atoms with Crippen LogP contribution in [0.5, 0.6) is 0 Å². The second-order valence-electron chi connectivity index (χ2n) is 4.35.